The maximum absolute atomic E-state index is 12.5. The molecule has 1 heterocycles. The van der Waals surface area contributed by atoms with Crippen molar-refractivity contribution in [2.75, 3.05) is 19.6 Å². The first-order valence-electron chi connectivity index (χ1n) is 9.19. The van der Waals surface area contributed by atoms with Gasteiger partial charge in [0, 0.05) is 25.2 Å². The van der Waals surface area contributed by atoms with Crippen LogP contribution in [0.4, 0.5) is 0 Å². The molecule has 3 amide bonds. The van der Waals surface area contributed by atoms with Crippen LogP contribution in [0.25, 0.3) is 0 Å². The summed E-state index contributed by atoms with van der Waals surface area (Å²) < 4.78 is 0. The Kier molecular flexibility index (Phi) is 6.06. The average Bonchev–Trinajstić information content (AvgIpc) is 2.72. The lowest BCUT2D eigenvalue weighted by Gasteiger charge is -2.26. The predicted octanol–water partition coefficient (Wildman–Crippen LogP) is 0.883. The molecule has 0 aromatic heterocycles. The minimum atomic E-state index is -0.730. The average molecular weight is 380 g/mol. The smallest absolute Gasteiger partial charge is 0.254 e. The van der Waals surface area contributed by atoms with Crippen LogP contribution in [0.5, 0.6) is 0 Å². The molecule has 1 aliphatic rings. The third-order valence-corrected chi connectivity index (χ3v) is 4.71. The van der Waals surface area contributed by atoms with Crippen LogP contribution in [0.1, 0.15) is 33.1 Å². The Morgan fingerprint density at radius 3 is 2.46 bits per heavy atom. The lowest BCUT2D eigenvalue weighted by molar-refractivity contribution is -0.123. The Balaban J connectivity index is 1.55. The lowest BCUT2D eigenvalue weighted by Crippen LogP contribution is -2.49. The van der Waals surface area contributed by atoms with E-state index in [9.17, 15) is 14.4 Å². The molecular formula is C21H24N4O3. The quantitative estimate of drug-likeness (QED) is 0.716. The van der Waals surface area contributed by atoms with Crippen LogP contribution in [0.15, 0.2) is 48.5 Å². The maximum atomic E-state index is 12.5. The zero-order valence-electron chi connectivity index (χ0n) is 15.8. The summed E-state index contributed by atoms with van der Waals surface area (Å²) in [6, 6.07) is 13.8. The van der Waals surface area contributed by atoms with E-state index in [0.717, 1.165) is 16.7 Å². The molecular weight excluding hydrogens is 356 g/mol. The van der Waals surface area contributed by atoms with Gasteiger partial charge in [-0.1, -0.05) is 42.0 Å². The van der Waals surface area contributed by atoms with Crippen molar-refractivity contribution < 1.29 is 14.4 Å². The first-order valence-corrected chi connectivity index (χ1v) is 9.19. The molecule has 2 aromatic rings. The molecule has 1 atom stereocenters. The number of nitrogens with two attached hydrogens (primary N) is 1. The van der Waals surface area contributed by atoms with Gasteiger partial charge in [-0.2, -0.15) is 0 Å². The van der Waals surface area contributed by atoms with Gasteiger partial charge < -0.3 is 21.3 Å². The van der Waals surface area contributed by atoms with E-state index in [2.05, 4.69) is 10.6 Å². The highest BCUT2D eigenvalue weighted by atomic mass is 16.2. The van der Waals surface area contributed by atoms with E-state index in [0.29, 0.717) is 25.2 Å². The predicted molar refractivity (Wildman–Crippen MR) is 105 cm³/mol. The van der Waals surface area contributed by atoms with Crippen molar-refractivity contribution in [3.8, 4) is 0 Å². The second-order valence-corrected chi connectivity index (χ2v) is 6.88. The fourth-order valence-electron chi connectivity index (χ4n) is 2.98. The fraction of sp³-hybridized carbons (Fsp3) is 0.286. The number of nitrogens with zero attached hydrogens (tertiary/aromatic N) is 1. The molecule has 1 unspecified atom stereocenters. The zero-order valence-corrected chi connectivity index (χ0v) is 15.8. The number of amides is 3. The van der Waals surface area contributed by atoms with Crippen molar-refractivity contribution in [3.63, 3.8) is 0 Å². The third kappa shape index (κ3) is 4.75. The van der Waals surface area contributed by atoms with Crippen LogP contribution in [0.2, 0.25) is 0 Å². The Labute approximate surface area is 163 Å². The first kappa shape index (κ1) is 19.6. The minimum absolute atomic E-state index is 0.0769. The van der Waals surface area contributed by atoms with Crippen molar-refractivity contribution in [2.45, 2.75) is 19.5 Å². The van der Waals surface area contributed by atoms with E-state index in [1.165, 1.54) is 4.90 Å². The Morgan fingerprint density at radius 2 is 1.82 bits per heavy atom. The van der Waals surface area contributed by atoms with Gasteiger partial charge in [0.25, 0.3) is 5.91 Å². The number of carbonyl (C=O) groups is 3. The SMILES string of the molecule is Cc1ccc(C(N)C(=O)NCc2ccc(C(=O)N3CCNC(=O)C3)cc2)cc1. The van der Waals surface area contributed by atoms with Crippen LogP contribution in [-0.2, 0) is 16.1 Å². The van der Waals surface area contributed by atoms with E-state index in [1.54, 1.807) is 24.3 Å². The molecule has 1 saturated heterocycles. The van der Waals surface area contributed by atoms with Crippen molar-refractivity contribution in [1.82, 2.24) is 15.5 Å². The van der Waals surface area contributed by atoms with E-state index >= 15 is 0 Å². The van der Waals surface area contributed by atoms with Crippen molar-refractivity contribution in [2.24, 2.45) is 5.73 Å². The Bertz CT molecular complexity index is 862. The summed E-state index contributed by atoms with van der Waals surface area (Å²) in [5, 5.41) is 5.51. The molecule has 2 aromatic carbocycles. The maximum Gasteiger partial charge on any atom is 0.254 e. The molecule has 146 valence electrons. The molecule has 7 nitrogen and oxygen atoms in total. The molecule has 4 N–H and O–H groups in total. The highest BCUT2D eigenvalue weighted by Gasteiger charge is 2.22. The molecule has 1 aliphatic heterocycles. The summed E-state index contributed by atoms with van der Waals surface area (Å²) >= 11 is 0. The molecule has 0 saturated carbocycles. The van der Waals surface area contributed by atoms with Gasteiger partial charge in [-0.05, 0) is 30.2 Å². The number of aryl methyl sites for hydroxylation is 1. The normalized spacial score (nSPS) is 14.9. The highest BCUT2D eigenvalue weighted by Crippen LogP contribution is 2.13. The van der Waals surface area contributed by atoms with Gasteiger partial charge in [0.1, 0.15) is 6.04 Å². The first-order chi connectivity index (χ1) is 13.4. The van der Waals surface area contributed by atoms with E-state index < -0.39 is 6.04 Å². The summed E-state index contributed by atoms with van der Waals surface area (Å²) in [5.41, 5.74) is 9.26. The number of hydrogen-bond donors (Lipinski definition) is 3. The molecule has 1 fully saturated rings. The molecule has 0 spiro atoms. The van der Waals surface area contributed by atoms with Gasteiger partial charge in [-0.25, -0.2) is 0 Å². The molecule has 0 aliphatic carbocycles. The number of nitrogens with one attached hydrogen (secondary N) is 2. The van der Waals surface area contributed by atoms with E-state index in [4.69, 9.17) is 5.73 Å². The van der Waals surface area contributed by atoms with Gasteiger partial charge in [0.05, 0.1) is 6.54 Å². The molecule has 0 bridgehead atoms. The molecule has 7 heteroatoms. The summed E-state index contributed by atoms with van der Waals surface area (Å²) in [7, 11) is 0. The number of piperazine rings is 1. The van der Waals surface area contributed by atoms with E-state index in [1.807, 2.05) is 31.2 Å². The van der Waals surface area contributed by atoms with Crippen LogP contribution in [0, 0.1) is 6.92 Å². The molecule has 3 rings (SSSR count). The van der Waals surface area contributed by atoms with Crippen LogP contribution in [0.3, 0.4) is 0 Å². The molecule has 28 heavy (non-hydrogen) atoms. The van der Waals surface area contributed by atoms with Crippen molar-refractivity contribution in [1.29, 1.82) is 0 Å². The van der Waals surface area contributed by atoms with Crippen molar-refractivity contribution in [3.05, 3.63) is 70.8 Å². The fourth-order valence-corrected chi connectivity index (χ4v) is 2.98. The van der Waals surface area contributed by atoms with Crippen molar-refractivity contribution >= 4 is 17.7 Å². The zero-order chi connectivity index (χ0) is 20.1. The Hall–Kier alpha value is -3.19. The number of carbonyl (C=O) groups excluding carboxylic acids is 3. The summed E-state index contributed by atoms with van der Waals surface area (Å²) in [5.74, 6) is -0.584. The standard InChI is InChI=1S/C21H24N4O3/c1-14-2-6-16(7-3-14)19(22)20(27)24-12-15-4-8-17(9-5-15)21(28)25-11-10-23-18(26)13-25/h2-9,19H,10-13,22H2,1H3,(H,23,26)(H,24,27). The number of hydrogen-bond acceptors (Lipinski definition) is 4. The third-order valence-electron chi connectivity index (χ3n) is 4.71. The lowest BCUT2D eigenvalue weighted by atomic mass is 10.1. The van der Waals surface area contributed by atoms with Gasteiger partial charge in [0.15, 0.2) is 0 Å². The monoisotopic (exact) mass is 380 g/mol. The van der Waals surface area contributed by atoms with E-state index in [-0.39, 0.29) is 24.3 Å². The summed E-state index contributed by atoms with van der Waals surface area (Å²) in [4.78, 5) is 37.7. The minimum Gasteiger partial charge on any atom is -0.353 e. The second kappa shape index (κ2) is 8.67. The van der Waals surface area contributed by atoms with Gasteiger partial charge in [-0.15, -0.1) is 0 Å². The van der Waals surface area contributed by atoms with Crippen LogP contribution < -0.4 is 16.4 Å². The van der Waals surface area contributed by atoms with Crippen LogP contribution >= 0.6 is 0 Å². The summed E-state index contributed by atoms with van der Waals surface area (Å²) in [6.07, 6.45) is 0. The van der Waals surface area contributed by atoms with Gasteiger partial charge >= 0.3 is 0 Å². The Morgan fingerprint density at radius 1 is 1.14 bits per heavy atom. The largest absolute Gasteiger partial charge is 0.353 e. The number of rotatable bonds is 5. The highest BCUT2D eigenvalue weighted by molar-refractivity contribution is 5.97. The van der Waals surface area contributed by atoms with Gasteiger partial charge in [0.2, 0.25) is 11.8 Å². The second-order valence-electron chi connectivity index (χ2n) is 6.88. The van der Waals surface area contributed by atoms with Crippen LogP contribution in [-0.4, -0.2) is 42.3 Å². The van der Waals surface area contributed by atoms with Gasteiger partial charge in [-0.3, -0.25) is 14.4 Å². The number of benzene rings is 2. The topological polar surface area (TPSA) is 105 Å². The summed E-state index contributed by atoms with van der Waals surface area (Å²) in [6.45, 7) is 3.34. The molecule has 0 radical (unpaired) electrons.